The fourth-order valence-electron chi connectivity index (χ4n) is 3.55. The van der Waals surface area contributed by atoms with Crippen molar-refractivity contribution in [1.82, 2.24) is 4.98 Å². The number of benzene rings is 3. The molecule has 9 nitrogen and oxygen atoms in total. The van der Waals surface area contributed by atoms with Crippen LogP contribution in [0.5, 0.6) is 5.88 Å². The SMILES string of the molecule is COc1ncc(-c2ccc([N+](=O)[O-])c(NCc3ccccc3)c2)cc1NS(=O)(=O)c1ccc(F)cc1F. The van der Waals surface area contributed by atoms with Crippen LogP contribution in [0.4, 0.5) is 25.8 Å². The Labute approximate surface area is 211 Å². The fourth-order valence-corrected chi connectivity index (χ4v) is 4.66. The highest BCUT2D eigenvalue weighted by atomic mass is 32.2. The molecule has 190 valence electrons. The van der Waals surface area contributed by atoms with E-state index in [1.165, 1.54) is 31.5 Å². The molecule has 0 unspecified atom stereocenters. The lowest BCUT2D eigenvalue weighted by Crippen LogP contribution is -2.15. The van der Waals surface area contributed by atoms with Crippen LogP contribution in [0.25, 0.3) is 11.1 Å². The number of methoxy groups -OCH3 is 1. The van der Waals surface area contributed by atoms with Gasteiger partial charge in [0.25, 0.3) is 15.7 Å². The normalized spacial score (nSPS) is 11.1. The zero-order valence-corrected chi connectivity index (χ0v) is 20.1. The number of sulfonamides is 1. The van der Waals surface area contributed by atoms with Crippen molar-refractivity contribution in [2.45, 2.75) is 11.4 Å². The van der Waals surface area contributed by atoms with Gasteiger partial charge in [0.15, 0.2) is 0 Å². The number of aromatic nitrogens is 1. The van der Waals surface area contributed by atoms with E-state index >= 15 is 0 Å². The summed E-state index contributed by atoms with van der Waals surface area (Å²) in [6, 6.07) is 17.2. The number of nitrogens with one attached hydrogen (secondary N) is 2. The molecular formula is C25H20F2N4O5S. The average molecular weight is 527 g/mol. The third-order valence-corrected chi connectivity index (χ3v) is 6.72. The summed E-state index contributed by atoms with van der Waals surface area (Å²) >= 11 is 0. The van der Waals surface area contributed by atoms with Crippen LogP contribution in [0, 0.1) is 21.7 Å². The van der Waals surface area contributed by atoms with Crippen LogP contribution in [0.3, 0.4) is 0 Å². The number of halogens is 2. The zero-order chi connectivity index (χ0) is 26.6. The Morgan fingerprint density at radius 2 is 1.70 bits per heavy atom. The summed E-state index contributed by atoms with van der Waals surface area (Å²) in [5.41, 5.74) is 1.80. The van der Waals surface area contributed by atoms with Gasteiger partial charge in [0.1, 0.15) is 27.9 Å². The molecule has 0 aliphatic rings. The first-order valence-electron chi connectivity index (χ1n) is 10.8. The summed E-state index contributed by atoms with van der Waals surface area (Å²) in [6.07, 6.45) is 1.40. The Morgan fingerprint density at radius 1 is 0.973 bits per heavy atom. The molecule has 1 heterocycles. The van der Waals surface area contributed by atoms with Gasteiger partial charge in [-0.3, -0.25) is 14.8 Å². The van der Waals surface area contributed by atoms with E-state index in [0.29, 0.717) is 23.7 Å². The molecule has 0 spiro atoms. The van der Waals surface area contributed by atoms with E-state index in [9.17, 15) is 27.3 Å². The maximum absolute atomic E-state index is 14.2. The minimum Gasteiger partial charge on any atom is -0.480 e. The highest BCUT2D eigenvalue weighted by Crippen LogP contribution is 2.34. The second-order valence-electron chi connectivity index (χ2n) is 7.79. The quantitative estimate of drug-likeness (QED) is 0.222. The summed E-state index contributed by atoms with van der Waals surface area (Å²) in [6.45, 7) is 0.334. The summed E-state index contributed by atoms with van der Waals surface area (Å²) in [7, 11) is -3.20. The van der Waals surface area contributed by atoms with Gasteiger partial charge in [-0.15, -0.1) is 0 Å². The molecule has 4 aromatic rings. The lowest BCUT2D eigenvalue weighted by molar-refractivity contribution is -0.384. The van der Waals surface area contributed by atoms with E-state index < -0.39 is 31.5 Å². The maximum Gasteiger partial charge on any atom is 0.292 e. The topological polar surface area (TPSA) is 123 Å². The molecule has 0 radical (unpaired) electrons. The molecule has 0 bridgehead atoms. The molecule has 0 aliphatic heterocycles. The standard InChI is InChI=1S/C25H20F2N4O5S/c1-36-25-22(30-37(34,35)24-10-8-19(26)13-20(24)27)12-18(15-29-25)17-7-9-23(31(32)33)21(11-17)28-14-16-5-3-2-4-6-16/h2-13,15,28,30H,14H2,1H3. The second-order valence-corrected chi connectivity index (χ2v) is 9.44. The number of nitrogens with zero attached hydrogens (tertiary/aromatic N) is 2. The largest absolute Gasteiger partial charge is 0.480 e. The van der Waals surface area contributed by atoms with E-state index in [-0.39, 0.29) is 22.9 Å². The van der Waals surface area contributed by atoms with E-state index in [4.69, 9.17) is 4.74 Å². The number of nitro benzene ring substituents is 1. The highest BCUT2D eigenvalue weighted by molar-refractivity contribution is 7.92. The van der Waals surface area contributed by atoms with Crippen molar-refractivity contribution in [3.63, 3.8) is 0 Å². The molecule has 0 aliphatic carbocycles. The van der Waals surface area contributed by atoms with Crippen molar-refractivity contribution < 1.29 is 26.9 Å². The lowest BCUT2D eigenvalue weighted by Gasteiger charge is -2.14. The van der Waals surface area contributed by atoms with Crippen LogP contribution in [0.15, 0.2) is 83.9 Å². The average Bonchev–Trinajstić information content (AvgIpc) is 2.87. The van der Waals surface area contributed by atoms with Crippen LogP contribution in [0.2, 0.25) is 0 Å². The van der Waals surface area contributed by atoms with Crippen molar-refractivity contribution in [2.24, 2.45) is 0 Å². The molecule has 2 N–H and O–H groups in total. The van der Waals surface area contributed by atoms with Gasteiger partial charge < -0.3 is 10.1 Å². The number of rotatable bonds is 9. The summed E-state index contributed by atoms with van der Waals surface area (Å²) in [5.74, 6) is -2.29. The van der Waals surface area contributed by atoms with E-state index in [2.05, 4.69) is 15.0 Å². The van der Waals surface area contributed by atoms with Crippen molar-refractivity contribution in [1.29, 1.82) is 0 Å². The van der Waals surface area contributed by atoms with Crippen LogP contribution in [-0.4, -0.2) is 25.4 Å². The van der Waals surface area contributed by atoms with Gasteiger partial charge in [0, 0.05) is 30.4 Å². The van der Waals surface area contributed by atoms with Crippen molar-refractivity contribution in [3.05, 3.63) is 106 Å². The first-order chi connectivity index (χ1) is 17.7. The van der Waals surface area contributed by atoms with Gasteiger partial charge in [-0.1, -0.05) is 30.3 Å². The lowest BCUT2D eigenvalue weighted by atomic mass is 10.1. The van der Waals surface area contributed by atoms with Gasteiger partial charge in [0.2, 0.25) is 5.88 Å². The van der Waals surface area contributed by atoms with Gasteiger partial charge in [0.05, 0.1) is 12.0 Å². The number of hydrogen-bond acceptors (Lipinski definition) is 7. The molecular weight excluding hydrogens is 506 g/mol. The minimum atomic E-state index is -4.47. The van der Waals surface area contributed by atoms with E-state index in [1.807, 2.05) is 30.3 Å². The molecule has 4 rings (SSSR count). The van der Waals surface area contributed by atoms with Gasteiger partial charge in [-0.2, -0.15) is 0 Å². The summed E-state index contributed by atoms with van der Waals surface area (Å²) < 4.78 is 60.4. The van der Waals surface area contributed by atoms with Crippen LogP contribution in [-0.2, 0) is 16.6 Å². The predicted molar refractivity (Wildman–Crippen MR) is 134 cm³/mol. The van der Waals surface area contributed by atoms with Crippen molar-refractivity contribution in [3.8, 4) is 17.0 Å². The molecule has 12 heteroatoms. The minimum absolute atomic E-state index is 0.0980. The Balaban J connectivity index is 1.69. The monoisotopic (exact) mass is 526 g/mol. The van der Waals surface area contributed by atoms with Gasteiger partial charge in [-0.25, -0.2) is 22.2 Å². The molecule has 0 atom stereocenters. The Hall–Kier alpha value is -4.58. The van der Waals surface area contributed by atoms with E-state index in [0.717, 1.165) is 17.7 Å². The Morgan fingerprint density at radius 3 is 2.38 bits per heavy atom. The molecule has 0 amide bonds. The molecule has 3 aromatic carbocycles. The molecule has 37 heavy (non-hydrogen) atoms. The number of hydrogen-bond donors (Lipinski definition) is 2. The Kier molecular flexibility index (Phi) is 7.30. The van der Waals surface area contributed by atoms with Crippen molar-refractivity contribution >= 4 is 27.1 Å². The summed E-state index contributed by atoms with van der Waals surface area (Å²) in [4.78, 5) is 14.4. The molecule has 0 fully saturated rings. The van der Waals surface area contributed by atoms with Crippen molar-refractivity contribution in [2.75, 3.05) is 17.1 Å². The predicted octanol–water partition coefficient (Wildman–Crippen LogP) is 5.36. The molecule has 0 saturated heterocycles. The maximum atomic E-state index is 14.2. The van der Waals surface area contributed by atoms with Gasteiger partial charge >= 0.3 is 0 Å². The zero-order valence-electron chi connectivity index (χ0n) is 19.3. The van der Waals surface area contributed by atoms with Gasteiger partial charge in [-0.05, 0) is 41.5 Å². The third kappa shape index (κ3) is 5.81. The first-order valence-corrected chi connectivity index (χ1v) is 12.2. The van der Waals surface area contributed by atoms with E-state index in [1.54, 1.807) is 6.07 Å². The third-order valence-electron chi connectivity index (χ3n) is 5.32. The summed E-state index contributed by atoms with van der Waals surface area (Å²) in [5, 5.41) is 14.6. The fraction of sp³-hybridized carbons (Fsp3) is 0.0800. The van der Waals surface area contributed by atoms with Crippen LogP contribution in [0.1, 0.15) is 5.56 Å². The van der Waals surface area contributed by atoms with Crippen LogP contribution >= 0.6 is 0 Å². The van der Waals surface area contributed by atoms with Crippen LogP contribution < -0.4 is 14.8 Å². The molecule has 1 aromatic heterocycles. The first kappa shape index (κ1) is 25.5. The number of ether oxygens (including phenoxy) is 1. The highest BCUT2D eigenvalue weighted by Gasteiger charge is 2.23. The molecule has 0 saturated carbocycles. The number of anilines is 2. The number of pyridine rings is 1. The number of nitro groups is 1. The Bertz CT molecular complexity index is 1570. The smallest absolute Gasteiger partial charge is 0.292 e. The second kappa shape index (κ2) is 10.6.